The molecule has 0 atom stereocenters. The van der Waals surface area contributed by atoms with Gasteiger partial charge in [0.1, 0.15) is 0 Å². The van der Waals surface area contributed by atoms with Crippen LogP contribution in [0.3, 0.4) is 0 Å². The van der Waals surface area contributed by atoms with E-state index in [1.807, 2.05) is 35.8 Å². The van der Waals surface area contributed by atoms with Crippen LogP contribution >= 0.6 is 23.2 Å². The third kappa shape index (κ3) is 3.91. The van der Waals surface area contributed by atoms with Gasteiger partial charge in [0.25, 0.3) is 0 Å². The fourth-order valence-corrected chi connectivity index (χ4v) is 2.37. The van der Waals surface area contributed by atoms with E-state index in [1.165, 1.54) is 5.56 Å². The van der Waals surface area contributed by atoms with Gasteiger partial charge < -0.3 is 4.57 Å². The van der Waals surface area contributed by atoms with Gasteiger partial charge in [-0.15, -0.1) is 0 Å². The highest BCUT2D eigenvalue weighted by Crippen LogP contribution is 2.22. The number of imidazole rings is 1. The van der Waals surface area contributed by atoms with Crippen LogP contribution in [0.4, 0.5) is 0 Å². The SMILES string of the molecule is Cc1ccc2nc(Cl)n(Cc3ccc(Cl)cn3)c2c1.O=S=O. The van der Waals surface area contributed by atoms with Crippen molar-refractivity contribution in [3.63, 3.8) is 0 Å². The number of benzene rings is 1. The standard InChI is InChI=1S/C14H11Cl2N3.O2S/c1-9-2-5-12-13(6-9)19(14(16)18-12)8-11-4-3-10(15)7-17-11;1-3-2/h2-7H,8H2,1H3;. The Morgan fingerprint density at radius 3 is 2.55 bits per heavy atom. The first-order chi connectivity index (χ1) is 10.5. The van der Waals surface area contributed by atoms with Crippen molar-refractivity contribution in [2.75, 3.05) is 0 Å². The molecule has 2 aromatic heterocycles. The average molecular weight is 356 g/mol. The smallest absolute Gasteiger partial charge is 0.309 e. The molecule has 3 rings (SSSR count). The van der Waals surface area contributed by atoms with Crippen molar-refractivity contribution in [2.45, 2.75) is 13.5 Å². The lowest BCUT2D eigenvalue weighted by Crippen LogP contribution is -2.01. The molecule has 0 aliphatic heterocycles. The Balaban J connectivity index is 0.000000545. The van der Waals surface area contributed by atoms with Crippen molar-refractivity contribution in [3.8, 4) is 0 Å². The molecule has 0 spiro atoms. The molecule has 0 unspecified atom stereocenters. The molecule has 8 heteroatoms. The number of halogens is 2. The third-order valence-corrected chi connectivity index (χ3v) is 3.48. The molecular formula is C14H11Cl2N3O2S. The molecule has 0 fully saturated rings. The van der Waals surface area contributed by atoms with Crippen molar-refractivity contribution in [1.82, 2.24) is 14.5 Å². The van der Waals surface area contributed by atoms with E-state index in [4.69, 9.17) is 31.6 Å². The molecule has 3 aromatic rings. The average Bonchev–Trinajstić information content (AvgIpc) is 2.78. The molecule has 0 aliphatic rings. The van der Waals surface area contributed by atoms with E-state index in [0.29, 0.717) is 16.9 Å². The molecule has 0 saturated carbocycles. The van der Waals surface area contributed by atoms with Gasteiger partial charge in [-0.1, -0.05) is 17.7 Å². The van der Waals surface area contributed by atoms with Gasteiger partial charge in [0.15, 0.2) is 0 Å². The van der Waals surface area contributed by atoms with Gasteiger partial charge in [-0.3, -0.25) is 4.98 Å². The zero-order valence-electron chi connectivity index (χ0n) is 11.5. The summed E-state index contributed by atoms with van der Waals surface area (Å²) in [7, 11) is 0. The van der Waals surface area contributed by atoms with E-state index in [0.717, 1.165) is 16.7 Å². The number of aryl methyl sites for hydroxylation is 1. The second kappa shape index (κ2) is 7.49. The predicted molar refractivity (Wildman–Crippen MR) is 86.7 cm³/mol. The minimum absolute atomic E-state index is 0.470. The Kier molecular flexibility index (Phi) is 5.65. The molecule has 0 bridgehead atoms. The third-order valence-electron chi connectivity index (χ3n) is 2.97. The van der Waals surface area contributed by atoms with E-state index >= 15 is 0 Å². The zero-order valence-corrected chi connectivity index (χ0v) is 13.8. The fourth-order valence-electron chi connectivity index (χ4n) is 2.02. The molecule has 22 heavy (non-hydrogen) atoms. The van der Waals surface area contributed by atoms with Crippen LogP contribution < -0.4 is 0 Å². The highest BCUT2D eigenvalue weighted by atomic mass is 35.5. The van der Waals surface area contributed by atoms with Crippen molar-refractivity contribution in [3.05, 3.63) is 58.1 Å². The fraction of sp³-hybridized carbons (Fsp3) is 0.143. The van der Waals surface area contributed by atoms with Gasteiger partial charge in [0.05, 0.1) is 28.3 Å². The molecule has 0 aliphatic carbocycles. The van der Waals surface area contributed by atoms with Crippen LogP contribution in [0.1, 0.15) is 11.3 Å². The quantitative estimate of drug-likeness (QED) is 0.706. The van der Waals surface area contributed by atoms with Crippen LogP contribution in [0.5, 0.6) is 0 Å². The van der Waals surface area contributed by atoms with Gasteiger partial charge >= 0.3 is 11.6 Å². The first-order valence-corrected chi connectivity index (χ1v) is 7.62. The van der Waals surface area contributed by atoms with E-state index in [2.05, 4.69) is 16.0 Å². The van der Waals surface area contributed by atoms with E-state index in [9.17, 15) is 0 Å². The van der Waals surface area contributed by atoms with Crippen LogP contribution in [0.2, 0.25) is 10.3 Å². The van der Waals surface area contributed by atoms with E-state index in [-0.39, 0.29) is 0 Å². The normalized spacial score (nSPS) is 10.1. The minimum Gasteiger partial charge on any atom is -0.309 e. The molecule has 2 heterocycles. The highest BCUT2D eigenvalue weighted by Gasteiger charge is 2.09. The highest BCUT2D eigenvalue weighted by molar-refractivity contribution is 7.51. The summed E-state index contributed by atoms with van der Waals surface area (Å²) in [5.41, 5.74) is 3.98. The molecule has 5 nitrogen and oxygen atoms in total. The van der Waals surface area contributed by atoms with Crippen LogP contribution in [0.25, 0.3) is 11.0 Å². The molecule has 1 aromatic carbocycles. The Hall–Kier alpha value is -1.76. The molecule has 0 radical (unpaired) electrons. The van der Waals surface area contributed by atoms with Gasteiger partial charge in [0.2, 0.25) is 5.28 Å². The zero-order chi connectivity index (χ0) is 16.1. The molecule has 114 valence electrons. The summed E-state index contributed by atoms with van der Waals surface area (Å²) in [5, 5.41) is 1.10. The van der Waals surface area contributed by atoms with E-state index in [1.54, 1.807) is 6.20 Å². The topological polar surface area (TPSA) is 64.8 Å². The summed E-state index contributed by atoms with van der Waals surface area (Å²) < 4.78 is 18.5. The van der Waals surface area contributed by atoms with Crippen molar-refractivity contribution < 1.29 is 8.42 Å². The Morgan fingerprint density at radius 2 is 1.91 bits per heavy atom. The maximum absolute atomic E-state index is 8.29. The molecule has 0 N–H and O–H groups in total. The maximum Gasteiger partial charge on any atom is 0.335 e. The maximum atomic E-state index is 8.29. The number of aromatic nitrogens is 3. The predicted octanol–water partition coefficient (Wildman–Crippen LogP) is 3.42. The summed E-state index contributed by atoms with van der Waals surface area (Å²) in [6.45, 7) is 2.63. The first kappa shape index (κ1) is 16.6. The minimum atomic E-state index is -0.750. The Labute approximate surface area is 140 Å². The lowest BCUT2D eigenvalue weighted by Gasteiger charge is -2.05. The van der Waals surface area contributed by atoms with Crippen molar-refractivity contribution in [2.24, 2.45) is 0 Å². The number of hydrogen-bond acceptors (Lipinski definition) is 4. The molecular weight excluding hydrogens is 345 g/mol. The second-order valence-electron chi connectivity index (χ2n) is 4.49. The van der Waals surface area contributed by atoms with Crippen LogP contribution in [0, 0.1) is 6.92 Å². The van der Waals surface area contributed by atoms with Crippen molar-refractivity contribution in [1.29, 1.82) is 0 Å². The Bertz CT molecular complexity index is 828. The summed E-state index contributed by atoms with van der Waals surface area (Å²) in [5.74, 6) is 0. The first-order valence-electron chi connectivity index (χ1n) is 6.19. The van der Waals surface area contributed by atoms with Crippen molar-refractivity contribution >= 4 is 45.8 Å². The van der Waals surface area contributed by atoms with Crippen LogP contribution in [-0.4, -0.2) is 23.0 Å². The molecule has 0 amide bonds. The Morgan fingerprint density at radius 1 is 1.18 bits per heavy atom. The van der Waals surface area contributed by atoms with Gasteiger partial charge in [0, 0.05) is 6.20 Å². The number of nitrogens with zero attached hydrogens (tertiary/aromatic N) is 3. The lowest BCUT2D eigenvalue weighted by molar-refractivity contribution is 0.630. The van der Waals surface area contributed by atoms with E-state index < -0.39 is 11.6 Å². The number of pyridine rings is 1. The summed E-state index contributed by atoms with van der Waals surface area (Å²) in [4.78, 5) is 8.63. The largest absolute Gasteiger partial charge is 0.335 e. The number of hydrogen-bond donors (Lipinski definition) is 0. The summed E-state index contributed by atoms with van der Waals surface area (Å²) in [6.07, 6.45) is 1.63. The van der Waals surface area contributed by atoms with Gasteiger partial charge in [-0.25, -0.2) is 4.98 Å². The van der Waals surface area contributed by atoms with Gasteiger partial charge in [-0.05, 0) is 48.4 Å². The van der Waals surface area contributed by atoms with Crippen LogP contribution in [-0.2, 0) is 18.1 Å². The second-order valence-corrected chi connectivity index (χ2v) is 5.41. The monoisotopic (exact) mass is 355 g/mol. The number of fused-ring (bicyclic) bond motifs is 1. The summed E-state index contributed by atoms with van der Waals surface area (Å²) >= 11 is 11.3. The van der Waals surface area contributed by atoms with Gasteiger partial charge in [-0.2, -0.15) is 8.42 Å². The molecule has 0 saturated heterocycles. The number of rotatable bonds is 2. The van der Waals surface area contributed by atoms with Crippen LogP contribution in [0.15, 0.2) is 36.5 Å². The lowest BCUT2D eigenvalue weighted by atomic mass is 10.2. The summed E-state index contributed by atoms with van der Waals surface area (Å²) in [6, 6.07) is 9.78.